The highest BCUT2D eigenvalue weighted by Gasteiger charge is 2.25. The van der Waals surface area contributed by atoms with Gasteiger partial charge in [-0.2, -0.15) is 0 Å². The minimum atomic E-state index is -1.16. The van der Waals surface area contributed by atoms with Gasteiger partial charge in [0.05, 0.1) is 25.3 Å². The average molecular weight is 249 g/mol. The molecule has 0 aromatic heterocycles. The molecule has 0 spiro atoms. The third-order valence-electron chi connectivity index (χ3n) is 2.98. The summed E-state index contributed by atoms with van der Waals surface area (Å²) in [6, 6.07) is 4.91. The molecule has 0 radical (unpaired) electrons. The number of hydrogen-bond acceptors (Lipinski definition) is 5. The molecule has 0 bridgehead atoms. The monoisotopic (exact) mass is 249 g/mol. The summed E-state index contributed by atoms with van der Waals surface area (Å²) < 4.78 is 15.7. The van der Waals surface area contributed by atoms with Crippen LogP contribution in [-0.2, 0) is 15.9 Å². The molecule has 5 nitrogen and oxygen atoms in total. The maximum atomic E-state index is 11.0. The molecule has 0 aliphatic carbocycles. The van der Waals surface area contributed by atoms with Gasteiger partial charge in [0.15, 0.2) is 0 Å². The van der Waals surface area contributed by atoms with Gasteiger partial charge in [0.1, 0.15) is 18.5 Å². The van der Waals surface area contributed by atoms with Crippen LogP contribution in [0.3, 0.4) is 0 Å². The van der Waals surface area contributed by atoms with Gasteiger partial charge in [-0.15, -0.1) is 0 Å². The number of epoxide rings is 2. The van der Waals surface area contributed by atoms with Gasteiger partial charge < -0.3 is 24.1 Å². The maximum Gasteiger partial charge on any atom is 0.119 e. The average Bonchev–Trinajstić information content (AvgIpc) is 3.21. The molecule has 1 aromatic rings. The molecule has 0 saturated carbocycles. The summed E-state index contributed by atoms with van der Waals surface area (Å²) in [5, 5.41) is 11.0. The number of hydrogen-bond donors (Lipinski definition) is 0. The Morgan fingerprint density at radius 2 is 2.06 bits per heavy atom. The van der Waals surface area contributed by atoms with Crippen LogP contribution in [0.4, 0.5) is 0 Å². The molecule has 96 valence electrons. The minimum absolute atomic E-state index is 0.130. The Morgan fingerprint density at radius 1 is 1.33 bits per heavy atom. The number of carbonyl (C=O) groups excluding carboxylic acids is 1. The number of carbonyl (C=O) groups is 1. The predicted octanol–water partition coefficient (Wildman–Crippen LogP) is -0.231. The van der Waals surface area contributed by atoms with Gasteiger partial charge in [0.25, 0.3) is 0 Å². The highest BCUT2D eigenvalue weighted by molar-refractivity contribution is 5.88. The zero-order valence-electron chi connectivity index (χ0n) is 9.76. The molecular formula is C13H13O5-. The zero-order chi connectivity index (χ0) is 12.5. The smallest absolute Gasteiger partial charge is 0.119 e. The Labute approximate surface area is 104 Å². The molecular weight excluding hydrogens is 236 g/mol. The van der Waals surface area contributed by atoms with Gasteiger partial charge in [0.2, 0.25) is 0 Å². The van der Waals surface area contributed by atoms with E-state index in [0.717, 1.165) is 6.61 Å². The standard InChI is InChI=1S/C13H14O5/c14-13(15)12-2-1-9(16-6-11-7-18-11)3-8(12)4-10-5-17-10/h1-3,10-11H,4-7H2,(H,14,15)/p-1. The lowest BCUT2D eigenvalue weighted by molar-refractivity contribution is -0.255. The highest BCUT2D eigenvalue weighted by Crippen LogP contribution is 2.24. The van der Waals surface area contributed by atoms with E-state index in [-0.39, 0.29) is 17.8 Å². The van der Waals surface area contributed by atoms with E-state index in [9.17, 15) is 9.90 Å². The van der Waals surface area contributed by atoms with Crippen LogP contribution in [0, 0.1) is 0 Å². The molecule has 2 aliphatic rings. The summed E-state index contributed by atoms with van der Waals surface area (Å²) in [4.78, 5) is 11.0. The first-order valence-corrected chi connectivity index (χ1v) is 5.92. The van der Waals surface area contributed by atoms with E-state index < -0.39 is 5.97 Å². The number of aromatic carboxylic acids is 1. The van der Waals surface area contributed by atoms with E-state index in [2.05, 4.69) is 0 Å². The maximum absolute atomic E-state index is 11.0. The van der Waals surface area contributed by atoms with Gasteiger partial charge in [-0.25, -0.2) is 0 Å². The van der Waals surface area contributed by atoms with Gasteiger partial charge >= 0.3 is 0 Å². The molecule has 2 unspecified atom stereocenters. The van der Waals surface area contributed by atoms with Crippen LogP contribution in [0.25, 0.3) is 0 Å². The van der Waals surface area contributed by atoms with Crippen LogP contribution in [0.15, 0.2) is 18.2 Å². The Bertz CT molecular complexity index is 462. The predicted molar refractivity (Wildman–Crippen MR) is 59.5 cm³/mol. The van der Waals surface area contributed by atoms with E-state index in [4.69, 9.17) is 14.2 Å². The molecule has 2 saturated heterocycles. The third kappa shape index (κ3) is 2.80. The second kappa shape index (κ2) is 4.59. The molecule has 2 atom stereocenters. The lowest BCUT2D eigenvalue weighted by Crippen LogP contribution is -2.24. The molecule has 3 rings (SSSR count). The van der Waals surface area contributed by atoms with E-state index in [1.165, 1.54) is 6.07 Å². The van der Waals surface area contributed by atoms with Crippen molar-refractivity contribution in [3.05, 3.63) is 29.3 Å². The first kappa shape index (κ1) is 11.5. The molecule has 18 heavy (non-hydrogen) atoms. The third-order valence-corrected chi connectivity index (χ3v) is 2.98. The SMILES string of the molecule is O=C([O-])c1ccc(OCC2CO2)cc1CC1CO1. The Hall–Kier alpha value is -1.59. The van der Waals surface area contributed by atoms with Crippen LogP contribution in [0.1, 0.15) is 15.9 Å². The van der Waals surface area contributed by atoms with Crippen molar-refractivity contribution in [1.82, 2.24) is 0 Å². The Morgan fingerprint density at radius 3 is 2.67 bits per heavy atom. The summed E-state index contributed by atoms with van der Waals surface area (Å²) in [7, 11) is 0. The fraction of sp³-hybridized carbons (Fsp3) is 0.462. The van der Waals surface area contributed by atoms with Crippen molar-refractivity contribution in [1.29, 1.82) is 0 Å². The van der Waals surface area contributed by atoms with Crippen LogP contribution >= 0.6 is 0 Å². The van der Waals surface area contributed by atoms with E-state index in [1.807, 2.05) is 0 Å². The number of carboxylic acid groups (broad SMARTS) is 1. The summed E-state index contributed by atoms with van der Waals surface area (Å²) >= 11 is 0. The van der Waals surface area contributed by atoms with Crippen LogP contribution in [0.5, 0.6) is 5.75 Å². The minimum Gasteiger partial charge on any atom is -0.545 e. The van der Waals surface area contributed by atoms with Crippen LogP contribution < -0.4 is 9.84 Å². The van der Waals surface area contributed by atoms with E-state index in [0.29, 0.717) is 30.9 Å². The molecule has 2 aliphatic heterocycles. The molecule has 2 heterocycles. The fourth-order valence-corrected chi connectivity index (χ4v) is 1.81. The summed E-state index contributed by atoms with van der Waals surface area (Å²) in [5.41, 5.74) is 0.909. The van der Waals surface area contributed by atoms with E-state index in [1.54, 1.807) is 12.1 Å². The Balaban J connectivity index is 1.75. The van der Waals surface area contributed by atoms with Gasteiger partial charge in [-0.1, -0.05) is 0 Å². The number of benzene rings is 1. The van der Waals surface area contributed by atoms with Crippen LogP contribution in [-0.4, -0.2) is 38.0 Å². The first-order valence-electron chi connectivity index (χ1n) is 5.92. The molecule has 1 aromatic carbocycles. The molecule has 2 fully saturated rings. The van der Waals surface area contributed by atoms with Gasteiger partial charge in [0, 0.05) is 12.0 Å². The number of rotatable bonds is 6. The van der Waals surface area contributed by atoms with Gasteiger partial charge in [-0.05, 0) is 23.8 Å². The number of ether oxygens (including phenoxy) is 3. The van der Waals surface area contributed by atoms with Crippen molar-refractivity contribution in [3.63, 3.8) is 0 Å². The van der Waals surface area contributed by atoms with Crippen molar-refractivity contribution < 1.29 is 24.1 Å². The lowest BCUT2D eigenvalue weighted by Gasteiger charge is -2.12. The van der Waals surface area contributed by atoms with Crippen molar-refractivity contribution in [2.75, 3.05) is 19.8 Å². The van der Waals surface area contributed by atoms with Crippen molar-refractivity contribution >= 4 is 5.97 Å². The summed E-state index contributed by atoms with van der Waals surface area (Å²) in [6.45, 7) is 1.93. The highest BCUT2D eigenvalue weighted by atomic mass is 16.6. The summed E-state index contributed by atoms with van der Waals surface area (Å²) in [5.74, 6) is -0.506. The number of carboxylic acids is 1. The second-order valence-corrected chi connectivity index (χ2v) is 4.53. The van der Waals surface area contributed by atoms with E-state index >= 15 is 0 Å². The normalized spacial score (nSPS) is 24.7. The zero-order valence-corrected chi connectivity index (χ0v) is 9.76. The molecule has 5 heteroatoms. The quantitative estimate of drug-likeness (QED) is 0.651. The molecule has 0 amide bonds. The fourth-order valence-electron chi connectivity index (χ4n) is 1.81. The van der Waals surface area contributed by atoms with Crippen molar-refractivity contribution in [2.45, 2.75) is 18.6 Å². The Kier molecular flexibility index (Phi) is 2.93. The summed E-state index contributed by atoms with van der Waals surface area (Å²) in [6.07, 6.45) is 0.895. The molecule has 0 N–H and O–H groups in total. The second-order valence-electron chi connectivity index (χ2n) is 4.53. The van der Waals surface area contributed by atoms with Crippen LogP contribution in [0.2, 0.25) is 0 Å². The topological polar surface area (TPSA) is 74.4 Å². The van der Waals surface area contributed by atoms with Crippen molar-refractivity contribution in [3.8, 4) is 5.75 Å². The largest absolute Gasteiger partial charge is 0.545 e. The van der Waals surface area contributed by atoms with Gasteiger partial charge in [-0.3, -0.25) is 0 Å². The first-order chi connectivity index (χ1) is 8.72. The lowest BCUT2D eigenvalue weighted by atomic mass is 10.0. The van der Waals surface area contributed by atoms with Crippen molar-refractivity contribution in [2.24, 2.45) is 0 Å².